The Hall–Kier alpha value is -5.08. The summed E-state index contributed by atoms with van der Waals surface area (Å²) in [7, 11) is 18.8. The molecule has 2 aliphatic carbocycles. The summed E-state index contributed by atoms with van der Waals surface area (Å²) >= 11 is -6.03. The second kappa shape index (κ2) is 21.4. The van der Waals surface area contributed by atoms with E-state index >= 15 is 0 Å². The van der Waals surface area contributed by atoms with Gasteiger partial charge in [-0.05, 0) is 0 Å². The Bertz CT molecular complexity index is 3430. The molecule has 0 fully saturated rings. The van der Waals surface area contributed by atoms with Gasteiger partial charge in [-0.2, -0.15) is 0 Å². The summed E-state index contributed by atoms with van der Waals surface area (Å²) in [4.78, 5) is 0. The molecule has 0 radical (unpaired) electrons. The van der Waals surface area contributed by atoms with Crippen LogP contribution in [0.5, 0.6) is 0 Å². The Morgan fingerprint density at radius 1 is 0.410 bits per heavy atom. The first-order valence-corrected chi connectivity index (χ1v) is 41.2. The van der Waals surface area contributed by atoms with Gasteiger partial charge in [0.2, 0.25) is 0 Å². The molecule has 78 heavy (non-hydrogen) atoms. The molecule has 397 valence electrons. The van der Waals surface area contributed by atoms with Crippen LogP contribution in [-0.2, 0) is 16.4 Å². The molecular formula is C74H79Cl2SiZr. The van der Waals surface area contributed by atoms with Crippen molar-refractivity contribution in [2.24, 2.45) is 11.8 Å². The van der Waals surface area contributed by atoms with Gasteiger partial charge in [-0.3, -0.25) is 0 Å². The van der Waals surface area contributed by atoms with Crippen molar-refractivity contribution >= 4 is 52.3 Å². The fourth-order valence-corrected chi connectivity index (χ4v) is 41.8. The van der Waals surface area contributed by atoms with Crippen molar-refractivity contribution in [3.05, 3.63) is 219 Å². The summed E-state index contributed by atoms with van der Waals surface area (Å²) in [6, 6.07) is 63.2. The molecule has 4 atom stereocenters. The molecule has 0 saturated carbocycles. The van der Waals surface area contributed by atoms with E-state index in [0.29, 0.717) is 23.7 Å². The first-order chi connectivity index (χ1) is 37.4. The SMILES string of the molecule is CCC(C)C1=Cc2c(ccc(-c3ccccc3)c2-c2cc(C(C)C)cc(C(C)C)c2)[CH]1[Zr]([Cl])([Cl])([c]1cccc2c1[SiH2]c1ccccc1-2)[CH]1C(C(C)CC)=Cc2c1ccc(-c1ccccc1)c2-c1cc(C(C)C)cc(C(C)C)c1. The molecule has 0 aromatic heterocycles. The molecule has 0 amide bonds. The minimum atomic E-state index is -6.03. The van der Waals surface area contributed by atoms with E-state index in [1.54, 1.807) is 0 Å². The van der Waals surface area contributed by atoms with Crippen molar-refractivity contribution in [1.82, 2.24) is 0 Å². The molecule has 4 heteroatoms. The molecular weight excluding hydrogens is 1080 g/mol. The molecule has 0 saturated heterocycles. The molecule has 8 aromatic rings. The molecule has 0 spiro atoms. The number of hydrogen-bond acceptors (Lipinski definition) is 0. The Kier molecular flexibility index (Phi) is 15.1. The predicted octanol–water partition coefficient (Wildman–Crippen LogP) is 19.9. The topological polar surface area (TPSA) is 0 Å². The van der Waals surface area contributed by atoms with Crippen molar-refractivity contribution in [1.29, 1.82) is 0 Å². The second-order valence-electron chi connectivity index (χ2n) is 24.7. The van der Waals surface area contributed by atoms with Crippen molar-refractivity contribution in [3.63, 3.8) is 0 Å². The number of rotatable bonds is 15. The molecule has 11 rings (SSSR count). The summed E-state index contributed by atoms with van der Waals surface area (Å²) in [5, 5.41) is 2.95. The molecule has 1 aliphatic heterocycles. The molecule has 8 aromatic carbocycles. The van der Waals surface area contributed by atoms with Crippen LogP contribution < -0.4 is 13.6 Å². The van der Waals surface area contributed by atoms with Gasteiger partial charge in [0.05, 0.1) is 0 Å². The number of benzene rings is 8. The van der Waals surface area contributed by atoms with E-state index in [9.17, 15) is 17.0 Å². The molecule has 0 bridgehead atoms. The molecule has 1 heterocycles. The zero-order chi connectivity index (χ0) is 55.0. The maximum atomic E-state index is 9.90. The van der Waals surface area contributed by atoms with Crippen LogP contribution in [0, 0.1) is 11.8 Å². The molecule has 0 N–H and O–H groups in total. The van der Waals surface area contributed by atoms with E-state index < -0.39 is 25.9 Å². The third kappa shape index (κ3) is 9.22. The Balaban J connectivity index is 1.29. The van der Waals surface area contributed by atoms with E-state index in [1.165, 1.54) is 125 Å². The Morgan fingerprint density at radius 3 is 1.22 bits per heavy atom. The van der Waals surface area contributed by atoms with Crippen molar-refractivity contribution in [3.8, 4) is 55.6 Å². The molecule has 4 unspecified atom stereocenters. The van der Waals surface area contributed by atoms with E-state index in [-0.39, 0.29) is 19.1 Å². The van der Waals surface area contributed by atoms with Crippen LogP contribution in [0.3, 0.4) is 0 Å². The molecule has 3 aliphatic rings. The van der Waals surface area contributed by atoms with Crippen molar-refractivity contribution < 1.29 is 16.4 Å². The number of hydrogen-bond donors (Lipinski definition) is 0. The number of allylic oxidation sites excluding steroid dienone is 2. The Labute approximate surface area is 478 Å². The summed E-state index contributed by atoms with van der Waals surface area (Å²) < 4.78 is 0.875. The van der Waals surface area contributed by atoms with Gasteiger partial charge >= 0.3 is 483 Å². The van der Waals surface area contributed by atoms with Crippen LogP contribution in [-0.4, -0.2) is 9.52 Å². The van der Waals surface area contributed by atoms with Crippen LogP contribution in [0.2, 0.25) is 0 Å². The number of halogens is 2. The fourth-order valence-electron chi connectivity index (χ4n) is 13.8. The first kappa shape index (κ1) is 54.9. The van der Waals surface area contributed by atoms with E-state index in [2.05, 4.69) is 259 Å². The quantitative estimate of drug-likeness (QED) is 0.0898. The van der Waals surface area contributed by atoms with Gasteiger partial charge < -0.3 is 0 Å². The fraction of sp³-hybridized carbons (Fsp3) is 0.297. The number of fused-ring (bicyclic) bond motifs is 5. The third-order valence-corrected chi connectivity index (χ3v) is 41.2. The zero-order valence-corrected chi connectivity index (χ0v) is 53.6. The van der Waals surface area contributed by atoms with Gasteiger partial charge in [-0.25, -0.2) is 0 Å². The van der Waals surface area contributed by atoms with Gasteiger partial charge in [0, 0.05) is 0 Å². The average Bonchev–Trinajstić information content (AvgIpc) is 2.42. The summed E-state index contributed by atoms with van der Waals surface area (Å²) in [5.41, 5.74) is 26.3. The van der Waals surface area contributed by atoms with Gasteiger partial charge in [0.1, 0.15) is 0 Å². The molecule has 0 nitrogen and oxygen atoms in total. The summed E-state index contributed by atoms with van der Waals surface area (Å²) in [6.45, 7) is 28.3. The van der Waals surface area contributed by atoms with Gasteiger partial charge in [-0.15, -0.1) is 0 Å². The monoisotopic (exact) mass is 1160 g/mol. The van der Waals surface area contributed by atoms with Crippen molar-refractivity contribution in [2.45, 2.75) is 127 Å². The van der Waals surface area contributed by atoms with Gasteiger partial charge in [0.15, 0.2) is 0 Å². The zero-order valence-electron chi connectivity index (χ0n) is 48.2. The first-order valence-electron chi connectivity index (χ1n) is 29.4. The normalized spacial score (nSPS) is 17.2. The van der Waals surface area contributed by atoms with Crippen LogP contribution >= 0.6 is 17.0 Å². The van der Waals surface area contributed by atoms with Crippen LogP contribution in [0.25, 0.3) is 67.8 Å². The second-order valence-corrected chi connectivity index (χ2v) is 47.1. The standard InChI is InChI=1S/2C31H35.C12H9Si.2ClH.Zr/c2*1-7-22(6)27-15-24-13-14-29(23-11-9-8-10-12-23)31(30(24)19-27)28-17-25(20(2)3)16-26(18-28)21(4)5;1-3-7-11-9(5-1)10-6-2-4-8-12(10)13-11;;;/h2*8-22H,7H2,1-6H3;1-7H,13H2;2*1H;/q;;;;;+2/p-2. The van der Waals surface area contributed by atoms with E-state index in [4.69, 9.17) is 0 Å². The summed E-state index contributed by atoms with van der Waals surface area (Å²) in [5.74, 6) is 1.93. The predicted molar refractivity (Wildman–Crippen MR) is 342 cm³/mol. The summed E-state index contributed by atoms with van der Waals surface area (Å²) in [6.07, 6.45) is 7.21. The van der Waals surface area contributed by atoms with Crippen LogP contribution in [0.1, 0.15) is 171 Å². The van der Waals surface area contributed by atoms with E-state index in [0.717, 1.165) is 12.8 Å². The van der Waals surface area contributed by atoms with Gasteiger partial charge in [0.25, 0.3) is 0 Å². The third-order valence-electron chi connectivity index (χ3n) is 18.6. The average molecular weight is 1160 g/mol. The van der Waals surface area contributed by atoms with Gasteiger partial charge in [-0.1, -0.05) is 0 Å². The van der Waals surface area contributed by atoms with Crippen LogP contribution in [0.4, 0.5) is 0 Å². The van der Waals surface area contributed by atoms with Crippen molar-refractivity contribution in [2.75, 3.05) is 0 Å². The Morgan fingerprint density at radius 2 is 0.808 bits per heavy atom. The minimum absolute atomic E-state index is 0.206. The van der Waals surface area contributed by atoms with E-state index in [1.807, 2.05) is 0 Å². The van der Waals surface area contributed by atoms with Crippen LogP contribution in [0.15, 0.2) is 175 Å². The maximum absolute atomic E-state index is 9.90.